The molecule has 0 aliphatic carbocycles. The first kappa shape index (κ1) is 28.5. The number of hydrogen-bond donors (Lipinski definition) is 0. The van der Waals surface area contributed by atoms with E-state index in [4.69, 9.17) is 14.4 Å². The second kappa shape index (κ2) is 11.3. The zero-order valence-electron chi connectivity index (χ0n) is 27.4. The first-order valence-electron chi connectivity index (χ1n) is 17.0. The van der Waals surface area contributed by atoms with Crippen LogP contribution in [0.5, 0.6) is 0 Å². The van der Waals surface area contributed by atoms with E-state index in [1.54, 1.807) is 0 Å². The van der Waals surface area contributed by atoms with Crippen molar-refractivity contribution in [2.24, 2.45) is 9.98 Å². The van der Waals surface area contributed by atoms with Gasteiger partial charge < -0.3 is 9.32 Å². The Bertz CT molecular complexity index is 2850. The van der Waals surface area contributed by atoms with Crippen LogP contribution in [0.4, 0.5) is 0 Å². The van der Waals surface area contributed by atoms with Crippen molar-refractivity contribution in [3.05, 3.63) is 180 Å². The summed E-state index contributed by atoms with van der Waals surface area (Å²) in [5.41, 5.74) is 6.94. The Kier molecular flexibility index (Phi) is 6.43. The summed E-state index contributed by atoms with van der Waals surface area (Å²) in [5, 5.41) is 9.15. The van der Waals surface area contributed by atoms with Crippen LogP contribution >= 0.6 is 0 Å². The highest BCUT2D eigenvalue weighted by Gasteiger charge is 2.29. The maximum absolute atomic E-state index is 6.68. The monoisotopic (exact) mass is 641 g/mol. The highest BCUT2D eigenvalue weighted by atomic mass is 16.3. The normalized spacial score (nSPS) is 14.9. The van der Waals surface area contributed by atoms with E-state index in [1.165, 1.54) is 26.9 Å². The van der Waals surface area contributed by atoms with Gasteiger partial charge in [0.1, 0.15) is 17.0 Å². The second-order valence-electron chi connectivity index (χ2n) is 13.1. The van der Waals surface area contributed by atoms with E-state index >= 15 is 0 Å². The highest BCUT2D eigenvalue weighted by molar-refractivity contribution is 6.23. The first-order valence-corrected chi connectivity index (χ1v) is 17.0. The first-order chi connectivity index (χ1) is 24.7. The zero-order valence-corrected chi connectivity index (χ0v) is 27.4. The molecule has 4 nitrogen and oxygen atoms in total. The molecule has 1 aromatic heterocycles. The number of hydrogen-bond acceptors (Lipinski definition) is 4. The van der Waals surface area contributed by atoms with E-state index in [1.807, 2.05) is 6.07 Å². The molecule has 1 aliphatic rings. The van der Waals surface area contributed by atoms with Gasteiger partial charge in [0.05, 0.1) is 0 Å². The molecule has 0 N–H and O–H groups in total. The Balaban J connectivity index is 1.26. The molecule has 0 amide bonds. The number of amidine groups is 2. The van der Waals surface area contributed by atoms with Crippen LogP contribution in [0.2, 0.25) is 0 Å². The fourth-order valence-electron chi connectivity index (χ4n) is 7.48. The lowest BCUT2D eigenvalue weighted by Gasteiger charge is -2.33. The van der Waals surface area contributed by atoms with Crippen LogP contribution in [-0.2, 0) is 0 Å². The molecule has 0 bridgehead atoms. The van der Waals surface area contributed by atoms with Crippen molar-refractivity contribution in [3.8, 4) is 11.1 Å². The minimum Gasteiger partial charge on any atom is -0.456 e. The maximum Gasteiger partial charge on any atom is 0.160 e. The van der Waals surface area contributed by atoms with E-state index in [0.717, 1.165) is 61.0 Å². The van der Waals surface area contributed by atoms with Gasteiger partial charge in [0.2, 0.25) is 0 Å². The molecule has 1 aliphatic heterocycles. The molecule has 8 aromatic carbocycles. The predicted molar refractivity (Wildman–Crippen MR) is 208 cm³/mol. The summed E-state index contributed by atoms with van der Waals surface area (Å²) in [4.78, 5) is 13.1. The Morgan fingerprint density at radius 2 is 1.12 bits per heavy atom. The number of furan rings is 1. The van der Waals surface area contributed by atoms with Crippen molar-refractivity contribution < 1.29 is 4.42 Å². The molecular weight excluding hydrogens is 611 g/mol. The molecule has 0 radical (unpaired) electrons. The molecular formula is C46H31N3O. The summed E-state index contributed by atoms with van der Waals surface area (Å²) >= 11 is 0. The minimum absolute atomic E-state index is 0.303. The molecule has 0 saturated carbocycles. The van der Waals surface area contributed by atoms with Gasteiger partial charge in [-0.3, -0.25) is 0 Å². The minimum atomic E-state index is -0.303. The number of rotatable bonds is 4. The molecule has 50 heavy (non-hydrogen) atoms. The van der Waals surface area contributed by atoms with Crippen LogP contribution in [0.25, 0.3) is 65.4 Å². The molecule has 10 rings (SSSR count). The molecule has 236 valence electrons. The van der Waals surface area contributed by atoms with Gasteiger partial charge in [0.15, 0.2) is 12.0 Å². The quantitative estimate of drug-likeness (QED) is 0.192. The van der Waals surface area contributed by atoms with Crippen LogP contribution in [0, 0.1) is 0 Å². The third-order valence-electron chi connectivity index (χ3n) is 10.0. The van der Waals surface area contributed by atoms with Crippen LogP contribution in [0.3, 0.4) is 0 Å². The van der Waals surface area contributed by atoms with E-state index in [0.29, 0.717) is 5.84 Å². The fourth-order valence-corrected chi connectivity index (χ4v) is 7.48. The highest BCUT2D eigenvalue weighted by Crippen LogP contribution is 2.39. The van der Waals surface area contributed by atoms with E-state index in [-0.39, 0.29) is 6.17 Å². The van der Waals surface area contributed by atoms with Gasteiger partial charge in [-0.15, -0.1) is 0 Å². The van der Waals surface area contributed by atoms with Crippen molar-refractivity contribution in [2.45, 2.75) is 6.17 Å². The lowest BCUT2D eigenvalue weighted by atomic mass is 9.96. The van der Waals surface area contributed by atoms with Crippen LogP contribution < -0.4 is 0 Å². The van der Waals surface area contributed by atoms with Gasteiger partial charge in [-0.1, -0.05) is 127 Å². The Labute approximate surface area is 289 Å². The Hall–Kier alpha value is -6.52. The van der Waals surface area contributed by atoms with Crippen molar-refractivity contribution in [1.82, 2.24) is 4.90 Å². The lowest BCUT2D eigenvalue weighted by molar-refractivity contribution is 0.383. The molecule has 0 fully saturated rings. The smallest absolute Gasteiger partial charge is 0.160 e. The largest absolute Gasteiger partial charge is 0.456 e. The molecule has 0 spiro atoms. The summed E-state index contributed by atoms with van der Waals surface area (Å²) in [6, 6.07) is 57.9. The average molecular weight is 642 g/mol. The van der Waals surface area contributed by atoms with Gasteiger partial charge in [0.25, 0.3) is 0 Å². The van der Waals surface area contributed by atoms with Gasteiger partial charge in [0, 0.05) is 28.9 Å². The van der Waals surface area contributed by atoms with Crippen LogP contribution in [0.1, 0.15) is 22.9 Å². The topological polar surface area (TPSA) is 41.1 Å². The van der Waals surface area contributed by atoms with Crippen molar-refractivity contribution >= 4 is 65.9 Å². The molecule has 4 heteroatoms. The number of benzene rings is 8. The molecule has 2 heterocycles. The van der Waals surface area contributed by atoms with Gasteiger partial charge >= 0.3 is 0 Å². The van der Waals surface area contributed by atoms with Gasteiger partial charge in [-0.25, -0.2) is 9.98 Å². The second-order valence-corrected chi connectivity index (χ2v) is 13.1. The van der Waals surface area contributed by atoms with Gasteiger partial charge in [-0.2, -0.15) is 0 Å². The maximum atomic E-state index is 6.68. The number of nitrogens with zero attached hydrogens (tertiary/aromatic N) is 3. The number of fused-ring (bicyclic) bond motifs is 6. The van der Waals surface area contributed by atoms with E-state index in [9.17, 15) is 0 Å². The summed E-state index contributed by atoms with van der Waals surface area (Å²) in [6.45, 7) is 0. The van der Waals surface area contributed by atoms with Crippen LogP contribution in [-0.4, -0.2) is 23.6 Å². The molecule has 1 unspecified atom stereocenters. The summed E-state index contributed by atoms with van der Waals surface area (Å²) in [6.07, 6.45) is -0.303. The van der Waals surface area contributed by atoms with Crippen molar-refractivity contribution in [3.63, 3.8) is 0 Å². The fraction of sp³-hybridized carbons (Fsp3) is 0.0435. The summed E-state index contributed by atoms with van der Waals surface area (Å²) < 4.78 is 6.68. The molecule has 9 aromatic rings. The predicted octanol–water partition coefficient (Wildman–Crippen LogP) is 11.6. The standard InChI is InChI=1S/C46H31N3O/c1-49-45(36-21-19-30-13-5-7-15-32(30)23-36)47-44(48-46(49)37-22-20-31-14-6-8-16-33(31)24-37)40-26-38(29-11-3-2-4-12-29)28-42-43(40)39-25-34-17-9-10-18-35(34)27-41(39)50-42/h2-28,45H,1H3. The van der Waals surface area contributed by atoms with Crippen molar-refractivity contribution in [1.29, 1.82) is 0 Å². The van der Waals surface area contributed by atoms with Crippen LogP contribution in [0.15, 0.2) is 178 Å². The third-order valence-corrected chi connectivity index (χ3v) is 10.0. The average Bonchev–Trinajstić information content (AvgIpc) is 3.54. The zero-order chi connectivity index (χ0) is 33.2. The molecule has 1 atom stereocenters. The Morgan fingerprint density at radius 3 is 1.86 bits per heavy atom. The molecule has 0 saturated heterocycles. The third kappa shape index (κ3) is 4.68. The van der Waals surface area contributed by atoms with E-state index < -0.39 is 0 Å². The lowest BCUT2D eigenvalue weighted by Crippen LogP contribution is -2.35. The SMILES string of the molecule is CN1C(c2ccc3ccccc3c2)=NC(c2cc(-c3ccccc3)cc3oc4cc5ccccc5cc4c23)=NC1c1ccc2ccccc2c1. The Morgan fingerprint density at radius 1 is 0.500 bits per heavy atom. The van der Waals surface area contributed by atoms with E-state index in [2.05, 4.69) is 170 Å². The van der Waals surface area contributed by atoms with Crippen molar-refractivity contribution in [2.75, 3.05) is 7.05 Å². The summed E-state index contributed by atoms with van der Waals surface area (Å²) in [5.74, 6) is 1.55. The number of aliphatic imine (C=N–C) groups is 2. The summed E-state index contributed by atoms with van der Waals surface area (Å²) in [7, 11) is 2.10. The van der Waals surface area contributed by atoms with Gasteiger partial charge in [-0.05, 0) is 85.4 Å².